The first-order valence-corrected chi connectivity index (χ1v) is 7.79. The fourth-order valence-electron chi connectivity index (χ4n) is 2.48. The van der Waals surface area contributed by atoms with E-state index in [2.05, 4.69) is 14.8 Å². The van der Waals surface area contributed by atoms with E-state index in [1.165, 1.54) is 0 Å². The maximum atomic E-state index is 10.8. The summed E-state index contributed by atoms with van der Waals surface area (Å²) in [5, 5.41) is 12.0. The van der Waals surface area contributed by atoms with Gasteiger partial charge in [-0.1, -0.05) is 12.1 Å². The van der Waals surface area contributed by atoms with Gasteiger partial charge in [0.15, 0.2) is 5.13 Å². The van der Waals surface area contributed by atoms with E-state index in [0.717, 1.165) is 43.4 Å². The Morgan fingerprint density at radius 1 is 1.19 bits per heavy atom. The molecule has 5 nitrogen and oxygen atoms in total. The van der Waals surface area contributed by atoms with Gasteiger partial charge in [0.1, 0.15) is 0 Å². The van der Waals surface area contributed by atoms with Crippen LogP contribution in [0.5, 0.6) is 0 Å². The van der Waals surface area contributed by atoms with Gasteiger partial charge in [-0.2, -0.15) is 0 Å². The molecule has 0 aliphatic carbocycles. The minimum atomic E-state index is -0.876. The first kappa shape index (κ1) is 14.0. The molecule has 21 heavy (non-hydrogen) atoms. The zero-order valence-electron chi connectivity index (χ0n) is 11.6. The molecule has 0 saturated carbocycles. The molecule has 110 valence electrons. The van der Waals surface area contributed by atoms with Crippen LogP contribution in [0.4, 0.5) is 5.13 Å². The third-order valence-electron chi connectivity index (χ3n) is 3.67. The highest BCUT2D eigenvalue weighted by atomic mass is 32.1. The number of nitrogens with zero attached hydrogens (tertiary/aromatic N) is 3. The molecule has 1 aliphatic heterocycles. The van der Waals surface area contributed by atoms with Crippen LogP contribution in [-0.4, -0.2) is 47.1 Å². The van der Waals surface area contributed by atoms with Crippen molar-refractivity contribution >= 4 is 22.4 Å². The molecule has 3 rings (SSSR count). The number of aromatic nitrogens is 1. The highest BCUT2D eigenvalue weighted by molar-refractivity contribution is 7.13. The molecule has 1 aromatic carbocycles. The summed E-state index contributed by atoms with van der Waals surface area (Å²) < 4.78 is 0. The summed E-state index contributed by atoms with van der Waals surface area (Å²) in [7, 11) is 0. The SMILES string of the molecule is O=C(O)c1ccc(CN2CCN(c3nccs3)CC2)cc1. The van der Waals surface area contributed by atoms with Gasteiger partial charge in [-0.3, -0.25) is 4.90 Å². The second kappa shape index (κ2) is 6.24. The highest BCUT2D eigenvalue weighted by Crippen LogP contribution is 2.19. The smallest absolute Gasteiger partial charge is 0.335 e. The molecule has 0 amide bonds. The summed E-state index contributed by atoms with van der Waals surface area (Å²) in [4.78, 5) is 19.9. The second-order valence-corrected chi connectivity index (χ2v) is 5.95. The number of carbonyl (C=O) groups is 1. The first-order chi connectivity index (χ1) is 10.2. The molecule has 0 unspecified atom stereocenters. The maximum Gasteiger partial charge on any atom is 0.335 e. The zero-order valence-corrected chi connectivity index (χ0v) is 12.4. The van der Waals surface area contributed by atoms with Gasteiger partial charge in [-0.05, 0) is 17.7 Å². The Morgan fingerprint density at radius 3 is 2.48 bits per heavy atom. The number of aromatic carboxylic acids is 1. The van der Waals surface area contributed by atoms with Crippen LogP contribution in [-0.2, 0) is 6.54 Å². The number of benzene rings is 1. The van der Waals surface area contributed by atoms with Crippen molar-refractivity contribution in [3.05, 3.63) is 47.0 Å². The van der Waals surface area contributed by atoms with Crippen molar-refractivity contribution in [1.29, 1.82) is 0 Å². The summed E-state index contributed by atoms with van der Waals surface area (Å²) >= 11 is 1.68. The molecule has 1 aliphatic rings. The van der Waals surface area contributed by atoms with Crippen LogP contribution in [0, 0.1) is 0 Å². The minimum absolute atomic E-state index is 0.340. The Morgan fingerprint density at radius 2 is 1.90 bits per heavy atom. The van der Waals surface area contributed by atoms with Crippen molar-refractivity contribution in [2.75, 3.05) is 31.1 Å². The van der Waals surface area contributed by atoms with E-state index in [1.54, 1.807) is 23.5 Å². The maximum absolute atomic E-state index is 10.8. The lowest BCUT2D eigenvalue weighted by Crippen LogP contribution is -2.45. The Hall–Kier alpha value is -1.92. The third kappa shape index (κ3) is 3.40. The molecule has 6 heteroatoms. The predicted molar refractivity (Wildman–Crippen MR) is 83.0 cm³/mol. The van der Waals surface area contributed by atoms with Gasteiger partial charge >= 0.3 is 5.97 Å². The third-order valence-corrected chi connectivity index (χ3v) is 4.50. The van der Waals surface area contributed by atoms with Crippen LogP contribution in [0.15, 0.2) is 35.8 Å². The van der Waals surface area contributed by atoms with Crippen LogP contribution in [0.25, 0.3) is 0 Å². The van der Waals surface area contributed by atoms with E-state index in [-0.39, 0.29) is 0 Å². The average Bonchev–Trinajstić information content (AvgIpc) is 3.03. The molecular weight excluding hydrogens is 286 g/mol. The minimum Gasteiger partial charge on any atom is -0.478 e. The van der Waals surface area contributed by atoms with E-state index in [1.807, 2.05) is 23.7 Å². The quantitative estimate of drug-likeness (QED) is 0.938. The largest absolute Gasteiger partial charge is 0.478 e. The number of carboxylic acids is 1. The topological polar surface area (TPSA) is 56.7 Å². The van der Waals surface area contributed by atoms with Crippen LogP contribution in [0.2, 0.25) is 0 Å². The fourth-order valence-corrected chi connectivity index (χ4v) is 3.18. The van der Waals surface area contributed by atoms with Crippen molar-refractivity contribution in [2.24, 2.45) is 0 Å². The molecule has 0 radical (unpaired) electrons. The van der Waals surface area contributed by atoms with Gasteiger partial charge in [0.2, 0.25) is 0 Å². The molecule has 1 fully saturated rings. The molecule has 2 aromatic rings. The van der Waals surface area contributed by atoms with Crippen molar-refractivity contribution in [3.63, 3.8) is 0 Å². The Balaban J connectivity index is 1.54. The normalized spacial score (nSPS) is 16.1. The highest BCUT2D eigenvalue weighted by Gasteiger charge is 2.18. The Kier molecular flexibility index (Phi) is 4.17. The van der Waals surface area contributed by atoms with E-state index in [0.29, 0.717) is 5.56 Å². The first-order valence-electron chi connectivity index (χ1n) is 6.91. The summed E-state index contributed by atoms with van der Waals surface area (Å²) in [5.74, 6) is -0.876. The molecule has 0 bridgehead atoms. The van der Waals surface area contributed by atoms with Gasteiger partial charge in [-0.25, -0.2) is 9.78 Å². The Bertz CT molecular complexity index is 590. The predicted octanol–water partition coefficient (Wildman–Crippen LogP) is 2.16. The van der Waals surface area contributed by atoms with Gasteiger partial charge < -0.3 is 10.0 Å². The number of hydrogen-bond donors (Lipinski definition) is 1. The number of rotatable bonds is 4. The number of piperazine rings is 1. The van der Waals surface area contributed by atoms with E-state index >= 15 is 0 Å². The standard InChI is InChI=1S/C15H17N3O2S/c19-14(20)13-3-1-12(2-4-13)11-17-6-8-18(9-7-17)15-16-5-10-21-15/h1-5,10H,6-9,11H2,(H,19,20). The molecule has 1 aromatic heterocycles. The molecule has 2 heterocycles. The van der Waals surface area contributed by atoms with Gasteiger partial charge in [0, 0.05) is 44.3 Å². The lowest BCUT2D eigenvalue weighted by molar-refractivity contribution is 0.0697. The van der Waals surface area contributed by atoms with E-state index in [9.17, 15) is 4.79 Å². The molecule has 1 saturated heterocycles. The van der Waals surface area contributed by atoms with Crippen LogP contribution < -0.4 is 4.90 Å². The van der Waals surface area contributed by atoms with Gasteiger partial charge in [-0.15, -0.1) is 11.3 Å². The molecule has 0 spiro atoms. The van der Waals surface area contributed by atoms with Crippen molar-refractivity contribution < 1.29 is 9.90 Å². The average molecular weight is 303 g/mol. The van der Waals surface area contributed by atoms with E-state index < -0.39 is 5.97 Å². The van der Waals surface area contributed by atoms with Crippen LogP contribution >= 0.6 is 11.3 Å². The molecule has 0 atom stereocenters. The summed E-state index contributed by atoms with van der Waals surface area (Å²) in [5.41, 5.74) is 1.50. The van der Waals surface area contributed by atoms with E-state index in [4.69, 9.17) is 5.11 Å². The van der Waals surface area contributed by atoms with Crippen LogP contribution in [0.1, 0.15) is 15.9 Å². The number of anilines is 1. The summed E-state index contributed by atoms with van der Waals surface area (Å²) in [6, 6.07) is 7.14. The second-order valence-electron chi connectivity index (χ2n) is 5.08. The number of thiazole rings is 1. The zero-order chi connectivity index (χ0) is 14.7. The number of carboxylic acid groups (broad SMARTS) is 1. The van der Waals surface area contributed by atoms with Crippen LogP contribution in [0.3, 0.4) is 0 Å². The van der Waals surface area contributed by atoms with Crippen molar-refractivity contribution in [1.82, 2.24) is 9.88 Å². The van der Waals surface area contributed by atoms with Gasteiger partial charge in [0.05, 0.1) is 5.56 Å². The lowest BCUT2D eigenvalue weighted by atomic mass is 10.1. The molecular formula is C15H17N3O2S. The summed E-state index contributed by atoms with van der Waals surface area (Å²) in [6.07, 6.45) is 1.84. The molecule has 1 N–H and O–H groups in total. The van der Waals surface area contributed by atoms with Gasteiger partial charge in [0.25, 0.3) is 0 Å². The fraction of sp³-hybridized carbons (Fsp3) is 0.333. The van der Waals surface area contributed by atoms with Crippen molar-refractivity contribution in [2.45, 2.75) is 6.54 Å². The van der Waals surface area contributed by atoms with Crippen molar-refractivity contribution in [3.8, 4) is 0 Å². The monoisotopic (exact) mass is 303 g/mol. The Labute approximate surface area is 127 Å². The summed E-state index contributed by atoms with van der Waals surface area (Å²) in [6.45, 7) is 4.84. The number of hydrogen-bond acceptors (Lipinski definition) is 5. The lowest BCUT2D eigenvalue weighted by Gasteiger charge is -2.34.